The summed E-state index contributed by atoms with van der Waals surface area (Å²) >= 11 is 0. The van der Waals surface area contributed by atoms with Crippen LogP contribution < -0.4 is 0 Å². The number of rotatable bonds is 0. The van der Waals surface area contributed by atoms with Crippen LogP contribution in [0, 0.1) is 11.8 Å². The van der Waals surface area contributed by atoms with Gasteiger partial charge in [-0.3, -0.25) is 0 Å². The number of hydrogen-bond donors (Lipinski definition) is 1. The molecule has 0 unspecified atom stereocenters. The summed E-state index contributed by atoms with van der Waals surface area (Å²) in [7, 11) is 0. The van der Waals surface area contributed by atoms with Crippen molar-refractivity contribution in [2.75, 3.05) is 13.2 Å². The van der Waals surface area contributed by atoms with Crippen molar-refractivity contribution in [1.82, 2.24) is 0 Å². The molecule has 2 aliphatic carbocycles. The quantitative estimate of drug-likeness (QED) is 0.638. The topological polar surface area (TPSA) is 38.7 Å². The molecule has 1 saturated heterocycles. The molecule has 3 rings (SSSR count). The highest BCUT2D eigenvalue weighted by Gasteiger charge is 2.48. The predicted molar refractivity (Wildman–Crippen MR) is 59.8 cm³/mol. The Kier molecular flexibility index (Phi) is 2.57. The van der Waals surface area contributed by atoms with Crippen LogP contribution in [-0.2, 0) is 9.47 Å². The molecule has 3 aliphatic rings. The lowest BCUT2D eigenvalue weighted by molar-refractivity contribution is -0.176. The van der Waals surface area contributed by atoms with Gasteiger partial charge in [0.15, 0.2) is 5.79 Å². The molecular weight excluding hydrogens is 204 g/mol. The van der Waals surface area contributed by atoms with E-state index in [1.54, 1.807) is 0 Å². The van der Waals surface area contributed by atoms with Crippen molar-refractivity contribution >= 4 is 0 Å². The molecule has 1 N–H and O–H groups in total. The average molecular weight is 224 g/mol. The molecule has 0 aromatic rings. The minimum absolute atomic E-state index is 0.190. The van der Waals surface area contributed by atoms with Gasteiger partial charge in [-0.15, -0.1) is 0 Å². The number of ether oxygens (including phenoxy) is 2. The van der Waals surface area contributed by atoms with Gasteiger partial charge < -0.3 is 14.6 Å². The predicted octanol–water partition coefficient (Wildman–Crippen LogP) is 1.86. The Balaban J connectivity index is 1.85. The maximum atomic E-state index is 10.1. The molecule has 3 atom stereocenters. The summed E-state index contributed by atoms with van der Waals surface area (Å²) in [5.41, 5.74) is 1.29. The maximum Gasteiger partial charge on any atom is 0.169 e. The van der Waals surface area contributed by atoms with Crippen LogP contribution in [0.2, 0.25) is 0 Å². The van der Waals surface area contributed by atoms with Crippen molar-refractivity contribution < 1.29 is 14.6 Å². The lowest BCUT2D eigenvalue weighted by Gasteiger charge is -2.29. The van der Waals surface area contributed by atoms with Crippen LogP contribution in [0.15, 0.2) is 12.2 Å². The lowest BCUT2D eigenvalue weighted by Crippen LogP contribution is -2.34. The molecule has 1 aliphatic heterocycles. The van der Waals surface area contributed by atoms with Gasteiger partial charge in [0.1, 0.15) is 0 Å². The Hall–Kier alpha value is -0.380. The lowest BCUT2D eigenvalue weighted by atomic mass is 9.87. The van der Waals surface area contributed by atoms with Crippen LogP contribution in [0.1, 0.15) is 32.1 Å². The van der Waals surface area contributed by atoms with E-state index in [9.17, 15) is 5.11 Å². The highest BCUT2D eigenvalue weighted by atomic mass is 16.7. The molecule has 0 bridgehead atoms. The Labute approximate surface area is 96.4 Å². The number of fused-ring (bicyclic) bond motifs is 1. The normalized spacial score (nSPS) is 42.3. The second-order valence-corrected chi connectivity index (χ2v) is 5.39. The minimum Gasteiger partial charge on any atom is -0.393 e. The molecular formula is C13H20O3. The summed E-state index contributed by atoms with van der Waals surface area (Å²) in [4.78, 5) is 0. The van der Waals surface area contributed by atoms with Crippen molar-refractivity contribution in [2.24, 2.45) is 11.8 Å². The third-order valence-electron chi connectivity index (χ3n) is 4.50. The first-order valence-corrected chi connectivity index (χ1v) is 6.34. The molecule has 3 nitrogen and oxygen atoms in total. The average Bonchev–Trinajstić information content (AvgIpc) is 2.82. The summed E-state index contributed by atoms with van der Waals surface area (Å²) in [5.74, 6) is 0.378. The second-order valence-electron chi connectivity index (χ2n) is 5.39. The first kappa shape index (κ1) is 10.8. The molecule has 0 radical (unpaired) electrons. The zero-order chi connectivity index (χ0) is 11.2. The van der Waals surface area contributed by atoms with Crippen LogP contribution in [-0.4, -0.2) is 30.2 Å². The van der Waals surface area contributed by atoms with E-state index in [1.165, 1.54) is 5.57 Å². The highest BCUT2D eigenvalue weighted by molar-refractivity contribution is 5.11. The highest BCUT2D eigenvalue weighted by Crippen LogP contribution is 2.48. The van der Waals surface area contributed by atoms with Crippen molar-refractivity contribution in [3.8, 4) is 0 Å². The molecule has 1 heterocycles. The summed E-state index contributed by atoms with van der Waals surface area (Å²) in [5, 5.41) is 10.1. The summed E-state index contributed by atoms with van der Waals surface area (Å²) in [6, 6.07) is 0. The van der Waals surface area contributed by atoms with Crippen LogP contribution in [0.25, 0.3) is 0 Å². The van der Waals surface area contributed by atoms with Crippen LogP contribution in [0.3, 0.4) is 0 Å². The zero-order valence-corrected chi connectivity index (χ0v) is 9.65. The first-order valence-electron chi connectivity index (χ1n) is 6.34. The van der Waals surface area contributed by atoms with Gasteiger partial charge in [0, 0.05) is 12.8 Å². The van der Waals surface area contributed by atoms with E-state index in [0.717, 1.165) is 32.1 Å². The standard InChI is InChI=1S/C13H20O3/c1-9-4-5-13(15-6-7-16-13)8-11-10(9)2-3-12(11)14/h10-12,14H,1-8H2/t10-,11+,12+/m1/s1. The third kappa shape index (κ3) is 1.62. The van der Waals surface area contributed by atoms with Gasteiger partial charge in [-0.25, -0.2) is 0 Å². The number of aliphatic hydroxyl groups is 1. The largest absolute Gasteiger partial charge is 0.393 e. The monoisotopic (exact) mass is 224 g/mol. The van der Waals surface area contributed by atoms with Crippen molar-refractivity contribution in [2.45, 2.75) is 44.0 Å². The van der Waals surface area contributed by atoms with E-state index in [1.807, 2.05) is 0 Å². The van der Waals surface area contributed by atoms with E-state index in [4.69, 9.17) is 9.47 Å². The van der Waals surface area contributed by atoms with E-state index in [2.05, 4.69) is 6.58 Å². The van der Waals surface area contributed by atoms with Gasteiger partial charge in [0.25, 0.3) is 0 Å². The third-order valence-corrected chi connectivity index (χ3v) is 4.50. The van der Waals surface area contributed by atoms with E-state index in [0.29, 0.717) is 25.0 Å². The van der Waals surface area contributed by atoms with Gasteiger partial charge in [0.05, 0.1) is 19.3 Å². The Bertz CT molecular complexity index is 294. The van der Waals surface area contributed by atoms with Crippen molar-refractivity contribution in [1.29, 1.82) is 0 Å². The van der Waals surface area contributed by atoms with Gasteiger partial charge in [-0.1, -0.05) is 12.2 Å². The summed E-state index contributed by atoms with van der Waals surface area (Å²) < 4.78 is 11.6. The molecule has 3 heteroatoms. The van der Waals surface area contributed by atoms with Gasteiger partial charge in [0.2, 0.25) is 0 Å². The molecule has 0 aromatic heterocycles. The Morgan fingerprint density at radius 1 is 1.25 bits per heavy atom. The van der Waals surface area contributed by atoms with Gasteiger partial charge in [-0.05, 0) is 31.1 Å². The smallest absolute Gasteiger partial charge is 0.169 e. The minimum atomic E-state index is -0.409. The number of aliphatic hydroxyl groups excluding tert-OH is 1. The fourth-order valence-electron chi connectivity index (χ4n) is 3.59. The van der Waals surface area contributed by atoms with E-state index >= 15 is 0 Å². The van der Waals surface area contributed by atoms with Crippen molar-refractivity contribution in [3.05, 3.63) is 12.2 Å². The van der Waals surface area contributed by atoms with E-state index < -0.39 is 5.79 Å². The summed E-state index contributed by atoms with van der Waals surface area (Å²) in [6.07, 6.45) is 4.53. The molecule has 1 spiro atoms. The molecule has 2 saturated carbocycles. The summed E-state index contributed by atoms with van der Waals surface area (Å²) in [6.45, 7) is 5.57. The van der Waals surface area contributed by atoms with Gasteiger partial charge in [-0.2, -0.15) is 0 Å². The zero-order valence-electron chi connectivity index (χ0n) is 9.65. The Morgan fingerprint density at radius 2 is 2.00 bits per heavy atom. The molecule has 0 amide bonds. The molecule has 0 aromatic carbocycles. The SMILES string of the molecule is C=C1CCC2(C[C@H]3[C@@H]1CC[C@@H]3O)OCCO2. The molecule has 3 fully saturated rings. The second kappa shape index (κ2) is 3.83. The number of hydrogen-bond acceptors (Lipinski definition) is 3. The van der Waals surface area contributed by atoms with Crippen LogP contribution in [0.5, 0.6) is 0 Å². The fraction of sp³-hybridized carbons (Fsp3) is 0.846. The van der Waals surface area contributed by atoms with Crippen LogP contribution in [0.4, 0.5) is 0 Å². The van der Waals surface area contributed by atoms with E-state index in [-0.39, 0.29) is 6.10 Å². The van der Waals surface area contributed by atoms with Gasteiger partial charge >= 0.3 is 0 Å². The fourth-order valence-corrected chi connectivity index (χ4v) is 3.59. The molecule has 90 valence electrons. The maximum absolute atomic E-state index is 10.1. The first-order chi connectivity index (χ1) is 7.70. The van der Waals surface area contributed by atoms with Crippen molar-refractivity contribution in [3.63, 3.8) is 0 Å². The van der Waals surface area contributed by atoms with Crippen LogP contribution >= 0.6 is 0 Å². The number of allylic oxidation sites excluding steroid dienone is 1. The molecule has 16 heavy (non-hydrogen) atoms. The Morgan fingerprint density at radius 3 is 2.75 bits per heavy atom.